The van der Waals surface area contributed by atoms with E-state index < -0.39 is 0 Å². The van der Waals surface area contributed by atoms with Crippen molar-refractivity contribution in [1.29, 1.82) is 0 Å². The number of nitrogens with zero attached hydrogens (tertiary/aromatic N) is 3. The number of imidazole rings is 1. The van der Waals surface area contributed by atoms with Gasteiger partial charge < -0.3 is 10.5 Å². The number of anilines is 1. The van der Waals surface area contributed by atoms with Gasteiger partial charge in [0.05, 0.1) is 22.8 Å². The molecule has 0 aliphatic heterocycles. The van der Waals surface area contributed by atoms with E-state index in [-0.39, 0.29) is 0 Å². The van der Waals surface area contributed by atoms with E-state index in [1.54, 1.807) is 36.1 Å². The van der Waals surface area contributed by atoms with E-state index in [9.17, 15) is 0 Å². The maximum Gasteiger partial charge on any atom is 0.207 e. The van der Waals surface area contributed by atoms with Crippen LogP contribution in [0.25, 0.3) is 16.9 Å². The normalized spacial score (nSPS) is 10.9. The minimum atomic E-state index is 0.319. The third kappa shape index (κ3) is 2.05. The monoisotopic (exact) mass is 308 g/mol. The molecular formula is C13H10Cl2N4O. The lowest BCUT2D eigenvalue weighted by atomic mass is 10.3. The summed E-state index contributed by atoms with van der Waals surface area (Å²) in [5, 5.41) is 1.03. The summed E-state index contributed by atoms with van der Waals surface area (Å²) in [6.45, 7) is 0. The molecule has 1 aromatic carbocycles. The fraction of sp³-hybridized carbons (Fsp3) is 0.0769. The smallest absolute Gasteiger partial charge is 0.207 e. The van der Waals surface area contributed by atoms with Crippen LogP contribution in [0.1, 0.15) is 0 Å². The molecule has 2 heterocycles. The minimum absolute atomic E-state index is 0.319. The van der Waals surface area contributed by atoms with Crippen molar-refractivity contribution in [3.8, 4) is 11.4 Å². The number of hydrogen-bond donors (Lipinski definition) is 1. The van der Waals surface area contributed by atoms with Gasteiger partial charge in [0.15, 0.2) is 5.65 Å². The number of rotatable bonds is 2. The summed E-state index contributed by atoms with van der Waals surface area (Å²) in [6.07, 6.45) is 1.55. The molecule has 0 saturated heterocycles. The number of pyridine rings is 1. The lowest BCUT2D eigenvalue weighted by molar-refractivity contribution is 0.415. The highest BCUT2D eigenvalue weighted by Gasteiger charge is 2.13. The van der Waals surface area contributed by atoms with Gasteiger partial charge in [-0.05, 0) is 18.2 Å². The molecule has 0 spiro atoms. The Morgan fingerprint density at radius 3 is 2.80 bits per heavy atom. The number of halogens is 2. The molecule has 0 radical (unpaired) electrons. The summed E-state index contributed by atoms with van der Waals surface area (Å²) in [6, 6.07) is 7.04. The van der Waals surface area contributed by atoms with Crippen molar-refractivity contribution >= 4 is 40.3 Å². The van der Waals surface area contributed by atoms with Crippen LogP contribution in [-0.4, -0.2) is 21.6 Å². The zero-order chi connectivity index (χ0) is 14.3. The summed E-state index contributed by atoms with van der Waals surface area (Å²) in [4.78, 5) is 8.52. The van der Waals surface area contributed by atoms with Gasteiger partial charge in [-0.1, -0.05) is 23.2 Å². The van der Waals surface area contributed by atoms with E-state index in [0.717, 1.165) is 5.69 Å². The Balaban J connectivity index is 2.26. The fourth-order valence-corrected chi connectivity index (χ4v) is 2.35. The lowest BCUT2D eigenvalue weighted by Gasteiger charge is -2.09. The Bertz CT molecular complexity index is 800. The highest BCUT2D eigenvalue weighted by molar-refractivity contribution is 6.32. The number of methoxy groups -OCH3 is 1. The Morgan fingerprint density at radius 1 is 1.25 bits per heavy atom. The van der Waals surface area contributed by atoms with Crippen molar-refractivity contribution in [3.63, 3.8) is 0 Å². The van der Waals surface area contributed by atoms with Crippen LogP contribution in [0.3, 0.4) is 0 Å². The zero-order valence-electron chi connectivity index (χ0n) is 10.5. The fourth-order valence-electron chi connectivity index (χ4n) is 2.00. The number of nitrogens with two attached hydrogens (primary N) is 1. The number of ether oxygens (including phenoxy) is 1. The molecule has 3 rings (SSSR count). The number of benzene rings is 1. The first kappa shape index (κ1) is 13.0. The molecule has 2 aromatic heterocycles. The van der Waals surface area contributed by atoms with Crippen LogP contribution in [-0.2, 0) is 0 Å². The Kier molecular flexibility index (Phi) is 3.16. The third-order valence-electron chi connectivity index (χ3n) is 2.88. The van der Waals surface area contributed by atoms with E-state index in [2.05, 4.69) is 9.97 Å². The Hall–Kier alpha value is -1.98. The summed E-state index contributed by atoms with van der Waals surface area (Å²) in [7, 11) is 1.55. The molecule has 0 fully saturated rings. The molecule has 0 saturated carbocycles. The zero-order valence-corrected chi connectivity index (χ0v) is 12.0. The first-order chi connectivity index (χ1) is 9.60. The molecule has 102 valence electrons. The summed E-state index contributed by atoms with van der Waals surface area (Å²) in [5.41, 5.74) is 7.98. The molecule has 0 aliphatic rings. The topological polar surface area (TPSA) is 66.0 Å². The Morgan fingerprint density at radius 2 is 2.05 bits per heavy atom. The average molecular weight is 309 g/mol. The molecule has 20 heavy (non-hydrogen) atoms. The molecule has 0 unspecified atom stereocenters. The standard InChI is InChI=1S/C13H10Cl2N4O/c1-20-11-5-8(2-3-9(11)15)19-12-10(18-13(19)16)4-7(14)6-17-12/h2-6H,1H3,(H2,16,18). The highest BCUT2D eigenvalue weighted by atomic mass is 35.5. The van der Waals surface area contributed by atoms with Gasteiger partial charge in [0, 0.05) is 12.3 Å². The van der Waals surface area contributed by atoms with Crippen molar-refractivity contribution in [2.24, 2.45) is 0 Å². The van der Waals surface area contributed by atoms with Crippen LogP contribution in [0.15, 0.2) is 30.5 Å². The van der Waals surface area contributed by atoms with Crippen molar-refractivity contribution in [3.05, 3.63) is 40.5 Å². The first-order valence-electron chi connectivity index (χ1n) is 5.73. The molecular weight excluding hydrogens is 299 g/mol. The third-order valence-corrected chi connectivity index (χ3v) is 3.40. The van der Waals surface area contributed by atoms with Crippen LogP contribution in [0.5, 0.6) is 5.75 Å². The summed E-state index contributed by atoms with van der Waals surface area (Å²) >= 11 is 11.9. The number of fused-ring (bicyclic) bond motifs is 1. The van der Waals surface area contributed by atoms with Crippen molar-refractivity contribution in [1.82, 2.24) is 14.5 Å². The van der Waals surface area contributed by atoms with Gasteiger partial charge in [-0.25, -0.2) is 9.97 Å². The predicted octanol–water partition coefficient (Wildman–Crippen LogP) is 3.32. The van der Waals surface area contributed by atoms with Crippen LogP contribution >= 0.6 is 23.2 Å². The van der Waals surface area contributed by atoms with E-state index in [4.69, 9.17) is 33.7 Å². The van der Waals surface area contributed by atoms with Gasteiger partial charge in [-0.2, -0.15) is 0 Å². The van der Waals surface area contributed by atoms with Gasteiger partial charge in [0.2, 0.25) is 5.95 Å². The SMILES string of the molecule is COc1cc(-n2c(N)nc3cc(Cl)cnc32)ccc1Cl. The Labute approximate surface area is 124 Å². The van der Waals surface area contributed by atoms with Crippen LogP contribution in [0.2, 0.25) is 10.0 Å². The van der Waals surface area contributed by atoms with Crippen LogP contribution in [0.4, 0.5) is 5.95 Å². The van der Waals surface area contributed by atoms with Crippen LogP contribution < -0.4 is 10.5 Å². The first-order valence-corrected chi connectivity index (χ1v) is 6.49. The number of aromatic nitrogens is 3. The van der Waals surface area contributed by atoms with Gasteiger partial charge in [-0.15, -0.1) is 0 Å². The second-order valence-electron chi connectivity index (χ2n) is 4.12. The molecule has 2 N–H and O–H groups in total. The molecule has 0 bridgehead atoms. The van der Waals surface area contributed by atoms with Crippen molar-refractivity contribution < 1.29 is 4.74 Å². The summed E-state index contributed by atoms with van der Waals surface area (Å²) < 4.78 is 6.92. The maximum atomic E-state index is 6.02. The summed E-state index contributed by atoms with van der Waals surface area (Å²) in [5.74, 6) is 0.874. The molecule has 0 amide bonds. The minimum Gasteiger partial charge on any atom is -0.495 e. The second-order valence-corrected chi connectivity index (χ2v) is 4.96. The van der Waals surface area contributed by atoms with E-state index in [0.29, 0.717) is 32.9 Å². The van der Waals surface area contributed by atoms with Gasteiger partial charge in [-0.3, -0.25) is 4.57 Å². The van der Waals surface area contributed by atoms with Gasteiger partial charge >= 0.3 is 0 Å². The number of hydrogen-bond acceptors (Lipinski definition) is 4. The molecule has 7 heteroatoms. The molecule has 5 nitrogen and oxygen atoms in total. The van der Waals surface area contributed by atoms with Crippen molar-refractivity contribution in [2.45, 2.75) is 0 Å². The van der Waals surface area contributed by atoms with E-state index in [1.807, 2.05) is 6.07 Å². The lowest BCUT2D eigenvalue weighted by Crippen LogP contribution is -2.01. The van der Waals surface area contributed by atoms with Gasteiger partial charge in [0.1, 0.15) is 11.3 Å². The largest absolute Gasteiger partial charge is 0.495 e. The number of nitrogen functional groups attached to an aromatic ring is 1. The molecule has 3 aromatic rings. The predicted molar refractivity (Wildman–Crippen MR) is 79.8 cm³/mol. The maximum absolute atomic E-state index is 6.02. The second kappa shape index (κ2) is 4.85. The molecule has 0 atom stereocenters. The molecule has 0 aliphatic carbocycles. The van der Waals surface area contributed by atoms with E-state index in [1.165, 1.54) is 0 Å². The quantitative estimate of drug-likeness (QED) is 0.788. The highest BCUT2D eigenvalue weighted by Crippen LogP contribution is 2.30. The van der Waals surface area contributed by atoms with Crippen LogP contribution in [0, 0.1) is 0 Å². The van der Waals surface area contributed by atoms with E-state index >= 15 is 0 Å². The van der Waals surface area contributed by atoms with Gasteiger partial charge in [0.25, 0.3) is 0 Å². The van der Waals surface area contributed by atoms with Crippen molar-refractivity contribution in [2.75, 3.05) is 12.8 Å². The average Bonchev–Trinajstić information content (AvgIpc) is 2.74.